The fourth-order valence-corrected chi connectivity index (χ4v) is 1.74. The number of pyridine rings is 1. The van der Waals surface area contributed by atoms with Crippen molar-refractivity contribution in [3.05, 3.63) is 29.6 Å². The number of carbonyl (C=O) groups is 2. The van der Waals surface area contributed by atoms with Gasteiger partial charge in [-0.3, -0.25) is 4.79 Å². The number of carboxylic acids is 1. The first kappa shape index (κ1) is 15.1. The van der Waals surface area contributed by atoms with Crippen LogP contribution in [0.4, 0.5) is 0 Å². The summed E-state index contributed by atoms with van der Waals surface area (Å²) in [7, 11) is 1.73. The zero-order valence-electron chi connectivity index (χ0n) is 11.6. The number of amides is 1. The lowest BCUT2D eigenvalue weighted by molar-refractivity contribution is 0.0690. The molecule has 0 aliphatic carbocycles. The Hall–Kier alpha value is -1.91. The number of rotatable bonds is 6. The molecule has 0 aliphatic rings. The SMILES string of the molecule is CC(C)CCCN(C)C(=O)c1ccnc(C(=O)O)c1. The van der Waals surface area contributed by atoms with Gasteiger partial charge in [0.25, 0.3) is 5.91 Å². The van der Waals surface area contributed by atoms with Crippen LogP contribution in [0.5, 0.6) is 0 Å². The van der Waals surface area contributed by atoms with Crippen LogP contribution >= 0.6 is 0 Å². The van der Waals surface area contributed by atoms with Crippen LogP contribution in [0.1, 0.15) is 47.5 Å². The van der Waals surface area contributed by atoms with Gasteiger partial charge in [-0.1, -0.05) is 13.8 Å². The Labute approximate surface area is 113 Å². The van der Waals surface area contributed by atoms with E-state index >= 15 is 0 Å². The van der Waals surface area contributed by atoms with Crippen molar-refractivity contribution in [2.45, 2.75) is 26.7 Å². The molecule has 0 radical (unpaired) electrons. The molecule has 1 heterocycles. The number of aromatic nitrogens is 1. The normalized spacial score (nSPS) is 10.5. The summed E-state index contributed by atoms with van der Waals surface area (Å²) in [5, 5.41) is 8.84. The van der Waals surface area contributed by atoms with Gasteiger partial charge in [-0.25, -0.2) is 9.78 Å². The van der Waals surface area contributed by atoms with E-state index in [0.29, 0.717) is 18.0 Å². The summed E-state index contributed by atoms with van der Waals surface area (Å²) in [5.41, 5.74) is 0.251. The van der Waals surface area contributed by atoms with Crippen LogP contribution in [0.15, 0.2) is 18.3 Å². The Kier molecular flexibility index (Phi) is 5.48. The zero-order valence-corrected chi connectivity index (χ0v) is 11.6. The second kappa shape index (κ2) is 6.87. The van der Waals surface area contributed by atoms with Gasteiger partial charge in [0.1, 0.15) is 5.69 Å². The molecule has 0 bridgehead atoms. The van der Waals surface area contributed by atoms with Crippen LogP contribution in [0.2, 0.25) is 0 Å². The highest BCUT2D eigenvalue weighted by atomic mass is 16.4. The predicted molar refractivity (Wildman–Crippen MR) is 72.2 cm³/mol. The quantitative estimate of drug-likeness (QED) is 0.855. The number of nitrogens with zero attached hydrogens (tertiary/aromatic N) is 2. The van der Waals surface area contributed by atoms with E-state index in [1.165, 1.54) is 18.3 Å². The van der Waals surface area contributed by atoms with Crippen LogP contribution < -0.4 is 0 Å². The summed E-state index contributed by atoms with van der Waals surface area (Å²) in [4.78, 5) is 28.2. The lowest BCUT2D eigenvalue weighted by Crippen LogP contribution is -2.28. The number of carbonyl (C=O) groups excluding carboxylic acids is 1. The molecule has 0 saturated carbocycles. The summed E-state index contributed by atoms with van der Waals surface area (Å²) in [6.07, 6.45) is 3.35. The predicted octanol–water partition coefficient (Wildman–Crippen LogP) is 2.29. The van der Waals surface area contributed by atoms with Gasteiger partial charge in [-0.2, -0.15) is 0 Å². The molecule has 1 rings (SSSR count). The third-order valence-electron chi connectivity index (χ3n) is 2.85. The van der Waals surface area contributed by atoms with Crippen LogP contribution in [0.25, 0.3) is 0 Å². The Morgan fingerprint density at radius 3 is 2.68 bits per heavy atom. The molecule has 0 atom stereocenters. The highest BCUT2D eigenvalue weighted by Crippen LogP contribution is 2.08. The Balaban J connectivity index is 2.66. The van der Waals surface area contributed by atoms with Gasteiger partial charge >= 0.3 is 5.97 Å². The van der Waals surface area contributed by atoms with Crippen molar-refractivity contribution < 1.29 is 14.7 Å². The highest BCUT2D eigenvalue weighted by molar-refractivity contribution is 5.96. The van der Waals surface area contributed by atoms with E-state index in [4.69, 9.17) is 5.11 Å². The first-order valence-electron chi connectivity index (χ1n) is 6.36. The molecule has 0 unspecified atom stereocenters. The van der Waals surface area contributed by atoms with Gasteiger partial charge in [0, 0.05) is 25.4 Å². The van der Waals surface area contributed by atoms with Gasteiger partial charge in [0.2, 0.25) is 0 Å². The summed E-state index contributed by atoms with van der Waals surface area (Å²) in [6.45, 7) is 4.95. The topological polar surface area (TPSA) is 70.5 Å². The summed E-state index contributed by atoms with van der Waals surface area (Å²) in [6, 6.07) is 2.84. The van der Waals surface area contributed by atoms with Crippen molar-refractivity contribution in [1.82, 2.24) is 9.88 Å². The molecule has 0 fully saturated rings. The molecule has 0 aromatic carbocycles. The van der Waals surface area contributed by atoms with E-state index in [0.717, 1.165) is 12.8 Å². The Morgan fingerprint density at radius 2 is 2.11 bits per heavy atom. The third kappa shape index (κ3) is 4.69. The van der Waals surface area contributed by atoms with Crippen LogP contribution in [-0.4, -0.2) is 40.5 Å². The molecule has 1 N–H and O–H groups in total. The molecule has 0 aliphatic heterocycles. The molecular formula is C14H20N2O3. The van der Waals surface area contributed by atoms with Gasteiger partial charge in [0.15, 0.2) is 0 Å². The largest absolute Gasteiger partial charge is 0.477 e. The van der Waals surface area contributed by atoms with Crippen molar-refractivity contribution in [1.29, 1.82) is 0 Å². The summed E-state index contributed by atoms with van der Waals surface area (Å²) < 4.78 is 0. The van der Waals surface area contributed by atoms with E-state index in [9.17, 15) is 9.59 Å². The van der Waals surface area contributed by atoms with Crippen molar-refractivity contribution in [3.8, 4) is 0 Å². The minimum Gasteiger partial charge on any atom is -0.477 e. The van der Waals surface area contributed by atoms with E-state index in [2.05, 4.69) is 18.8 Å². The molecule has 5 nitrogen and oxygen atoms in total. The van der Waals surface area contributed by atoms with Gasteiger partial charge in [0.05, 0.1) is 0 Å². The molecule has 1 amide bonds. The molecule has 1 aromatic rings. The number of hydrogen-bond donors (Lipinski definition) is 1. The van der Waals surface area contributed by atoms with Crippen LogP contribution in [0, 0.1) is 5.92 Å². The second-order valence-electron chi connectivity index (χ2n) is 5.00. The maximum Gasteiger partial charge on any atom is 0.354 e. The number of aromatic carboxylic acids is 1. The molecule has 0 saturated heterocycles. The Bertz CT molecular complexity index is 458. The maximum absolute atomic E-state index is 12.1. The van der Waals surface area contributed by atoms with Crippen molar-refractivity contribution >= 4 is 11.9 Å². The van der Waals surface area contributed by atoms with E-state index < -0.39 is 5.97 Å². The summed E-state index contributed by atoms with van der Waals surface area (Å²) >= 11 is 0. The maximum atomic E-state index is 12.1. The lowest BCUT2D eigenvalue weighted by atomic mass is 10.1. The lowest BCUT2D eigenvalue weighted by Gasteiger charge is -2.17. The first-order valence-corrected chi connectivity index (χ1v) is 6.36. The van der Waals surface area contributed by atoms with E-state index in [-0.39, 0.29) is 11.6 Å². The number of hydrogen-bond acceptors (Lipinski definition) is 3. The van der Waals surface area contributed by atoms with Gasteiger partial charge in [-0.15, -0.1) is 0 Å². The molecule has 104 valence electrons. The second-order valence-corrected chi connectivity index (χ2v) is 5.00. The smallest absolute Gasteiger partial charge is 0.354 e. The zero-order chi connectivity index (χ0) is 14.4. The van der Waals surface area contributed by atoms with Gasteiger partial charge in [-0.05, 0) is 30.9 Å². The van der Waals surface area contributed by atoms with Crippen molar-refractivity contribution in [2.24, 2.45) is 5.92 Å². The van der Waals surface area contributed by atoms with E-state index in [1.54, 1.807) is 11.9 Å². The molecule has 5 heteroatoms. The average molecular weight is 264 g/mol. The summed E-state index contributed by atoms with van der Waals surface area (Å²) in [5.74, 6) is -0.686. The standard InChI is InChI=1S/C14H20N2O3/c1-10(2)5-4-8-16(3)13(17)11-6-7-15-12(9-11)14(18)19/h6-7,9-10H,4-5,8H2,1-3H3,(H,18,19). The molecule has 1 aromatic heterocycles. The van der Waals surface area contributed by atoms with Crippen LogP contribution in [-0.2, 0) is 0 Å². The minimum absolute atomic E-state index is 0.110. The van der Waals surface area contributed by atoms with Crippen molar-refractivity contribution in [2.75, 3.05) is 13.6 Å². The monoisotopic (exact) mass is 264 g/mol. The molecule has 19 heavy (non-hydrogen) atoms. The van der Waals surface area contributed by atoms with Crippen LogP contribution in [0.3, 0.4) is 0 Å². The number of carboxylic acid groups (broad SMARTS) is 1. The minimum atomic E-state index is -1.13. The fraction of sp³-hybridized carbons (Fsp3) is 0.500. The van der Waals surface area contributed by atoms with E-state index in [1.807, 2.05) is 0 Å². The molecule has 0 spiro atoms. The first-order chi connectivity index (χ1) is 8.91. The van der Waals surface area contributed by atoms with Gasteiger partial charge < -0.3 is 10.0 Å². The Morgan fingerprint density at radius 1 is 1.42 bits per heavy atom. The third-order valence-corrected chi connectivity index (χ3v) is 2.85. The van der Waals surface area contributed by atoms with Crippen molar-refractivity contribution in [3.63, 3.8) is 0 Å². The molecular weight excluding hydrogens is 244 g/mol. The highest BCUT2D eigenvalue weighted by Gasteiger charge is 2.14. The fourth-order valence-electron chi connectivity index (χ4n) is 1.74. The average Bonchev–Trinajstić information content (AvgIpc) is 2.37.